The molecule has 1 atom stereocenters. The number of pyridine rings is 1. The summed E-state index contributed by atoms with van der Waals surface area (Å²) in [5.41, 5.74) is 7.56. The van der Waals surface area contributed by atoms with E-state index in [9.17, 15) is 4.79 Å². The van der Waals surface area contributed by atoms with E-state index in [1.54, 1.807) is 18.3 Å². The average Bonchev–Trinajstić information content (AvgIpc) is 2.42. The third kappa shape index (κ3) is 4.15. The second-order valence-corrected chi connectivity index (χ2v) is 4.97. The molecule has 0 bridgehead atoms. The number of aromatic nitrogens is 1. The van der Waals surface area contributed by atoms with Gasteiger partial charge in [-0.1, -0.05) is 30.3 Å². The molecule has 0 radical (unpaired) electrons. The Labute approximate surface area is 120 Å². The van der Waals surface area contributed by atoms with Crippen LogP contribution in [0.5, 0.6) is 0 Å². The third-order valence-electron chi connectivity index (χ3n) is 2.63. The summed E-state index contributed by atoms with van der Waals surface area (Å²) in [5, 5.41) is 2.74. The maximum Gasteiger partial charge on any atom is 0.241 e. The first-order valence-corrected chi connectivity index (χ1v) is 6.66. The van der Waals surface area contributed by atoms with Gasteiger partial charge < -0.3 is 11.1 Å². The topological polar surface area (TPSA) is 68.0 Å². The molecule has 0 aliphatic rings. The van der Waals surface area contributed by atoms with E-state index in [4.69, 9.17) is 5.73 Å². The van der Waals surface area contributed by atoms with Crippen molar-refractivity contribution in [1.82, 2.24) is 4.98 Å². The number of amides is 1. The van der Waals surface area contributed by atoms with Crippen molar-refractivity contribution in [2.75, 3.05) is 5.32 Å². The highest BCUT2D eigenvalue weighted by molar-refractivity contribution is 9.10. The first kappa shape index (κ1) is 13.7. The predicted molar refractivity (Wildman–Crippen MR) is 78.7 cm³/mol. The number of carbonyl (C=O) groups excluding carboxylic acids is 1. The van der Waals surface area contributed by atoms with Gasteiger partial charge in [0.25, 0.3) is 0 Å². The van der Waals surface area contributed by atoms with Gasteiger partial charge in [0.05, 0.1) is 17.9 Å². The van der Waals surface area contributed by atoms with Crippen LogP contribution in [-0.2, 0) is 11.2 Å². The van der Waals surface area contributed by atoms with Crippen molar-refractivity contribution in [3.63, 3.8) is 0 Å². The Kier molecular flexibility index (Phi) is 4.65. The second-order valence-electron chi connectivity index (χ2n) is 4.16. The Morgan fingerprint density at radius 3 is 2.63 bits per heavy atom. The molecule has 0 fully saturated rings. The summed E-state index contributed by atoms with van der Waals surface area (Å²) in [6.07, 6.45) is 2.09. The first-order valence-electron chi connectivity index (χ1n) is 5.87. The van der Waals surface area contributed by atoms with E-state index in [-0.39, 0.29) is 5.91 Å². The first-order chi connectivity index (χ1) is 9.15. The molecule has 1 aromatic carbocycles. The molecule has 3 N–H and O–H groups in total. The van der Waals surface area contributed by atoms with E-state index in [1.807, 2.05) is 30.3 Å². The number of hydrogen-bond acceptors (Lipinski definition) is 3. The van der Waals surface area contributed by atoms with Crippen LogP contribution in [0.1, 0.15) is 5.56 Å². The van der Waals surface area contributed by atoms with Gasteiger partial charge in [0, 0.05) is 0 Å². The quantitative estimate of drug-likeness (QED) is 0.850. The van der Waals surface area contributed by atoms with Crippen LogP contribution in [0.2, 0.25) is 0 Å². The lowest BCUT2D eigenvalue weighted by Gasteiger charge is -2.12. The van der Waals surface area contributed by atoms with Gasteiger partial charge in [-0.2, -0.15) is 0 Å². The van der Waals surface area contributed by atoms with Gasteiger partial charge in [-0.25, -0.2) is 4.98 Å². The molecule has 0 saturated heterocycles. The summed E-state index contributed by atoms with van der Waals surface area (Å²) in [6, 6.07) is 12.6. The van der Waals surface area contributed by atoms with E-state index in [0.717, 1.165) is 10.2 Å². The predicted octanol–water partition coefficient (Wildman–Crippen LogP) is 2.35. The van der Waals surface area contributed by atoms with E-state index < -0.39 is 6.04 Å². The van der Waals surface area contributed by atoms with Gasteiger partial charge in [0.2, 0.25) is 5.91 Å². The molecule has 1 amide bonds. The number of halogens is 1. The molecular formula is C14H14BrN3O. The van der Waals surface area contributed by atoms with Gasteiger partial charge in [0.1, 0.15) is 4.60 Å². The number of benzene rings is 1. The molecule has 1 aromatic heterocycles. The fourth-order valence-corrected chi connectivity index (χ4v) is 1.88. The zero-order valence-corrected chi connectivity index (χ0v) is 11.8. The minimum atomic E-state index is -0.578. The summed E-state index contributed by atoms with van der Waals surface area (Å²) < 4.78 is 0.721. The van der Waals surface area contributed by atoms with E-state index >= 15 is 0 Å². The molecule has 0 spiro atoms. The van der Waals surface area contributed by atoms with Crippen molar-refractivity contribution >= 4 is 27.5 Å². The van der Waals surface area contributed by atoms with Crippen molar-refractivity contribution in [3.8, 4) is 0 Å². The second kappa shape index (κ2) is 6.45. The van der Waals surface area contributed by atoms with Gasteiger partial charge in [0.15, 0.2) is 0 Å². The van der Waals surface area contributed by atoms with Crippen LogP contribution < -0.4 is 11.1 Å². The number of hydrogen-bond donors (Lipinski definition) is 2. The number of anilines is 1. The molecule has 0 unspecified atom stereocenters. The Balaban J connectivity index is 1.94. The van der Waals surface area contributed by atoms with Crippen molar-refractivity contribution in [3.05, 3.63) is 58.8 Å². The van der Waals surface area contributed by atoms with Crippen LogP contribution in [0.4, 0.5) is 5.69 Å². The zero-order valence-electron chi connectivity index (χ0n) is 10.2. The lowest BCUT2D eigenvalue weighted by atomic mass is 10.1. The number of rotatable bonds is 4. The lowest BCUT2D eigenvalue weighted by Crippen LogP contribution is -2.37. The van der Waals surface area contributed by atoms with E-state index in [0.29, 0.717) is 12.1 Å². The molecule has 0 saturated carbocycles. The fourth-order valence-electron chi connectivity index (χ4n) is 1.65. The smallest absolute Gasteiger partial charge is 0.241 e. The highest BCUT2D eigenvalue weighted by atomic mass is 79.9. The lowest BCUT2D eigenvalue weighted by molar-refractivity contribution is -0.117. The van der Waals surface area contributed by atoms with E-state index in [1.165, 1.54) is 0 Å². The molecule has 2 rings (SSSR count). The van der Waals surface area contributed by atoms with Gasteiger partial charge >= 0.3 is 0 Å². The maximum atomic E-state index is 11.9. The van der Waals surface area contributed by atoms with Crippen LogP contribution >= 0.6 is 15.9 Å². The number of nitrogens with zero attached hydrogens (tertiary/aromatic N) is 1. The molecule has 1 heterocycles. The fraction of sp³-hybridized carbons (Fsp3) is 0.143. The third-order valence-corrected chi connectivity index (χ3v) is 3.10. The summed E-state index contributed by atoms with van der Waals surface area (Å²) in [7, 11) is 0. The molecule has 0 aliphatic carbocycles. The number of nitrogens with two attached hydrogens (primary N) is 1. The summed E-state index contributed by atoms with van der Waals surface area (Å²) in [6.45, 7) is 0. The Morgan fingerprint density at radius 2 is 2.00 bits per heavy atom. The van der Waals surface area contributed by atoms with Crippen molar-refractivity contribution in [1.29, 1.82) is 0 Å². The Morgan fingerprint density at radius 1 is 1.26 bits per heavy atom. The molecule has 5 heteroatoms. The minimum Gasteiger partial charge on any atom is -0.323 e. The molecule has 98 valence electrons. The molecular weight excluding hydrogens is 306 g/mol. The Hall–Kier alpha value is -1.72. The van der Waals surface area contributed by atoms with Gasteiger partial charge in [-0.15, -0.1) is 0 Å². The van der Waals surface area contributed by atoms with Crippen molar-refractivity contribution in [2.45, 2.75) is 12.5 Å². The van der Waals surface area contributed by atoms with Crippen LogP contribution in [0.3, 0.4) is 0 Å². The van der Waals surface area contributed by atoms with Crippen molar-refractivity contribution < 1.29 is 4.79 Å². The summed E-state index contributed by atoms with van der Waals surface area (Å²) in [5.74, 6) is -0.215. The highest BCUT2D eigenvalue weighted by Gasteiger charge is 2.14. The van der Waals surface area contributed by atoms with Gasteiger partial charge in [-0.3, -0.25) is 4.79 Å². The highest BCUT2D eigenvalue weighted by Crippen LogP contribution is 2.11. The van der Waals surface area contributed by atoms with Crippen LogP contribution in [0.15, 0.2) is 53.3 Å². The maximum absolute atomic E-state index is 11.9. The molecule has 4 nitrogen and oxygen atoms in total. The molecule has 0 aliphatic heterocycles. The molecule has 19 heavy (non-hydrogen) atoms. The number of nitrogens with one attached hydrogen (secondary N) is 1. The monoisotopic (exact) mass is 319 g/mol. The van der Waals surface area contributed by atoms with Crippen molar-refractivity contribution in [2.24, 2.45) is 5.73 Å². The standard InChI is InChI=1S/C14H14BrN3O/c15-13-7-6-11(9-17-13)18-14(19)12(16)8-10-4-2-1-3-5-10/h1-7,9,12H,8,16H2,(H,18,19)/t12-/m0/s1. The van der Waals surface area contributed by atoms with Gasteiger partial charge in [-0.05, 0) is 40.0 Å². The SMILES string of the molecule is N[C@@H](Cc1ccccc1)C(=O)Nc1ccc(Br)nc1. The summed E-state index contributed by atoms with van der Waals surface area (Å²) >= 11 is 3.24. The van der Waals surface area contributed by atoms with Crippen LogP contribution in [0, 0.1) is 0 Å². The normalized spacial score (nSPS) is 11.9. The van der Waals surface area contributed by atoms with Crippen LogP contribution in [-0.4, -0.2) is 16.9 Å². The molecule has 2 aromatic rings. The van der Waals surface area contributed by atoms with E-state index in [2.05, 4.69) is 26.2 Å². The Bertz CT molecular complexity index is 542. The number of carbonyl (C=O) groups is 1. The zero-order chi connectivity index (χ0) is 13.7. The van der Waals surface area contributed by atoms with Crippen LogP contribution in [0.25, 0.3) is 0 Å². The summed E-state index contributed by atoms with van der Waals surface area (Å²) in [4.78, 5) is 16.0. The minimum absolute atomic E-state index is 0.215. The largest absolute Gasteiger partial charge is 0.323 e. The average molecular weight is 320 g/mol.